The van der Waals surface area contributed by atoms with Gasteiger partial charge in [0.1, 0.15) is 5.75 Å². The molecule has 0 saturated carbocycles. The summed E-state index contributed by atoms with van der Waals surface area (Å²) in [5, 5.41) is 7.47. The Morgan fingerprint density at radius 1 is 1.38 bits per heavy atom. The van der Waals surface area contributed by atoms with Crippen LogP contribution < -0.4 is 10.1 Å². The Morgan fingerprint density at radius 2 is 2.12 bits per heavy atom. The second-order valence-electron chi connectivity index (χ2n) is 6.39. The van der Waals surface area contributed by atoms with Crippen molar-refractivity contribution in [3.05, 3.63) is 47.3 Å². The van der Waals surface area contributed by atoms with Gasteiger partial charge in [0.15, 0.2) is 0 Å². The van der Waals surface area contributed by atoms with Gasteiger partial charge in [-0.3, -0.25) is 9.48 Å². The molecule has 1 aliphatic heterocycles. The normalized spacial score (nSPS) is 14.5. The van der Waals surface area contributed by atoms with Crippen molar-refractivity contribution >= 4 is 5.91 Å². The minimum atomic E-state index is -0.0876. The van der Waals surface area contributed by atoms with Crippen molar-refractivity contribution in [1.82, 2.24) is 20.0 Å². The highest BCUT2D eigenvalue weighted by Gasteiger charge is 2.23. The minimum absolute atomic E-state index is 0.0548. The molecule has 1 atom stereocenters. The number of hydrogen-bond donors (Lipinski definition) is 1. The summed E-state index contributed by atoms with van der Waals surface area (Å²) in [4.78, 5) is 14.8. The number of carbonyl (C=O) groups excluding carboxylic acids is 1. The predicted molar refractivity (Wildman–Crippen MR) is 92.3 cm³/mol. The quantitative estimate of drug-likeness (QED) is 0.879. The molecule has 1 amide bonds. The van der Waals surface area contributed by atoms with Crippen molar-refractivity contribution < 1.29 is 9.53 Å². The molecule has 0 spiro atoms. The van der Waals surface area contributed by atoms with Crippen LogP contribution in [-0.2, 0) is 13.0 Å². The molecule has 0 aliphatic carbocycles. The summed E-state index contributed by atoms with van der Waals surface area (Å²) in [5.74, 6) is 0.754. The summed E-state index contributed by atoms with van der Waals surface area (Å²) >= 11 is 0. The lowest BCUT2D eigenvalue weighted by molar-refractivity contribution is 0.0929. The largest absolute Gasteiger partial charge is 0.497 e. The molecular formula is C18H24N4O2. The average molecular weight is 328 g/mol. The fourth-order valence-corrected chi connectivity index (χ4v) is 3.12. The van der Waals surface area contributed by atoms with Gasteiger partial charge in [0.2, 0.25) is 0 Å². The smallest absolute Gasteiger partial charge is 0.255 e. The molecule has 24 heavy (non-hydrogen) atoms. The Balaban J connectivity index is 1.79. The maximum absolute atomic E-state index is 12.7. The molecule has 128 valence electrons. The molecule has 1 aromatic carbocycles. The molecule has 0 bridgehead atoms. The van der Waals surface area contributed by atoms with Gasteiger partial charge in [0, 0.05) is 13.1 Å². The van der Waals surface area contributed by atoms with Crippen LogP contribution in [0, 0.1) is 0 Å². The number of methoxy groups -OCH3 is 1. The third kappa shape index (κ3) is 3.43. The van der Waals surface area contributed by atoms with Crippen LogP contribution in [0.3, 0.4) is 0 Å². The lowest BCUT2D eigenvalue weighted by Gasteiger charge is -2.23. The van der Waals surface area contributed by atoms with Crippen LogP contribution in [-0.4, -0.2) is 48.3 Å². The van der Waals surface area contributed by atoms with Crippen molar-refractivity contribution in [1.29, 1.82) is 0 Å². The first-order valence-corrected chi connectivity index (χ1v) is 8.22. The monoisotopic (exact) mass is 328 g/mol. The zero-order valence-electron chi connectivity index (χ0n) is 14.5. The Hall–Kier alpha value is -2.34. The number of aryl methyl sites for hydroxylation is 1. The van der Waals surface area contributed by atoms with Crippen molar-refractivity contribution in [3.63, 3.8) is 0 Å². The highest BCUT2D eigenvalue weighted by Crippen LogP contribution is 2.21. The summed E-state index contributed by atoms with van der Waals surface area (Å²) in [7, 11) is 5.65. The van der Waals surface area contributed by atoms with E-state index in [1.807, 2.05) is 43.0 Å². The van der Waals surface area contributed by atoms with Crippen molar-refractivity contribution in [2.75, 3.05) is 27.7 Å². The van der Waals surface area contributed by atoms with Crippen LogP contribution in [0.2, 0.25) is 0 Å². The summed E-state index contributed by atoms with van der Waals surface area (Å²) < 4.78 is 7.15. The van der Waals surface area contributed by atoms with Crippen LogP contribution in [0.25, 0.3) is 0 Å². The molecule has 3 rings (SSSR count). The SMILES string of the molecule is COc1ccc(C(CN(C)C)NC(=O)c2cnn3c2CCC3)cc1. The Morgan fingerprint density at radius 3 is 2.79 bits per heavy atom. The summed E-state index contributed by atoms with van der Waals surface area (Å²) in [6.45, 7) is 1.63. The molecule has 6 nitrogen and oxygen atoms in total. The van der Waals surface area contributed by atoms with Crippen LogP contribution in [0.5, 0.6) is 5.75 Å². The molecule has 1 aromatic heterocycles. The van der Waals surface area contributed by atoms with Crippen LogP contribution in [0.4, 0.5) is 0 Å². The second kappa shape index (κ2) is 7.05. The van der Waals surface area contributed by atoms with E-state index in [0.717, 1.165) is 42.9 Å². The first-order valence-electron chi connectivity index (χ1n) is 8.22. The van der Waals surface area contributed by atoms with E-state index in [1.54, 1.807) is 13.3 Å². The van der Waals surface area contributed by atoms with E-state index in [1.165, 1.54) is 0 Å². The molecule has 1 unspecified atom stereocenters. The maximum atomic E-state index is 12.7. The number of likely N-dealkylation sites (N-methyl/N-ethyl adjacent to an activating group) is 1. The van der Waals surface area contributed by atoms with Gasteiger partial charge in [-0.1, -0.05) is 12.1 Å². The van der Waals surface area contributed by atoms with E-state index in [9.17, 15) is 4.79 Å². The molecular weight excluding hydrogens is 304 g/mol. The van der Waals surface area contributed by atoms with Gasteiger partial charge in [-0.2, -0.15) is 5.10 Å². The zero-order valence-corrected chi connectivity index (χ0v) is 14.5. The lowest BCUT2D eigenvalue weighted by atomic mass is 10.1. The maximum Gasteiger partial charge on any atom is 0.255 e. The Kier molecular flexibility index (Phi) is 4.85. The molecule has 0 saturated heterocycles. The topological polar surface area (TPSA) is 59.4 Å². The average Bonchev–Trinajstić information content (AvgIpc) is 3.17. The molecule has 2 heterocycles. The molecule has 0 radical (unpaired) electrons. The van der Waals surface area contributed by atoms with Gasteiger partial charge < -0.3 is 15.0 Å². The Labute approximate surface area is 142 Å². The number of carbonyl (C=O) groups is 1. The number of aromatic nitrogens is 2. The Bertz CT molecular complexity index is 706. The van der Waals surface area contributed by atoms with Gasteiger partial charge in [-0.25, -0.2) is 0 Å². The molecule has 0 fully saturated rings. The number of benzene rings is 1. The molecule has 6 heteroatoms. The van der Waals surface area contributed by atoms with Crippen LogP contribution in [0.1, 0.15) is 34.1 Å². The van der Waals surface area contributed by atoms with Gasteiger partial charge in [0.05, 0.1) is 30.6 Å². The molecule has 2 aromatic rings. The van der Waals surface area contributed by atoms with E-state index in [2.05, 4.69) is 15.3 Å². The van der Waals surface area contributed by atoms with E-state index in [0.29, 0.717) is 5.56 Å². The van der Waals surface area contributed by atoms with Gasteiger partial charge in [-0.05, 0) is 44.6 Å². The molecule has 1 N–H and O–H groups in total. The first kappa shape index (κ1) is 16.5. The number of hydrogen-bond acceptors (Lipinski definition) is 4. The fraction of sp³-hybridized carbons (Fsp3) is 0.444. The van der Waals surface area contributed by atoms with Gasteiger partial charge >= 0.3 is 0 Å². The number of fused-ring (bicyclic) bond motifs is 1. The highest BCUT2D eigenvalue weighted by atomic mass is 16.5. The van der Waals surface area contributed by atoms with Crippen LogP contribution >= 0.6 is 0 Å². The minimum Gasteiger partial charge on any atom is -0.497 e. The number of nitrogens with one attached hydrogen (secondary N) is 1. The zero-order chi connectivity index (χ0) is 17.1. The fourth-order valence-electron chi connectivity index (χ4n) is 3.12. The van der Waals surface area contributed by atoms with Crippen molar-refractivity contribution in [3.8, 4) is 5.75 Å². The number of ether oxygens (including phenoxy) is 1. The lowest BCUT2D eigenvalue weighted by Crippen LogP contribution is -2.35. The van der Waals surface area contributed by atoms with E-state index in [-0.39, 0.29) is 11.9 Å². The van der Waals surface area contributed by atoms with Gasteiger partial charge in [0.25, 0.3) is 5.91 Å². The highest BCUT2D eigenvalue weighted by molar-refractivity contribution is 5.95. The summed E-state index contributed by atoms with van der Waals surface area (Å²) in [5.41, 5.74) is 2.80. The van der Waals surface area contributed by atoms with E-state index >= 15 is 0 Å². The first-order chi connectivity index (χ1) is 11.6. The number of amides is 1. The molecule has 1 aliphatic rings. The van der Waals surface area contributed by atoms with Crippen LogP contribution in [0.15, 0.2) is 30.5 Å². The van der Waals surface area contributed by atoms with Crippen molar-refractivity contribution in [2.45, 2.75) is 25.4 Å². The number of rotatable bonds is 6. The number of nitrogens with zero attached hydrogens (tertiary/aromatic N) is 3. The predicted octanol–water partition coefficient (Wildman–Crippen LogP) is 1.87. The standard InChI is InChI=1S/C18H24N4O2/c1-21(2)12-16(13-6-8-14(24-3)9-7-13)20-18(23)15-11-19-22-10-4-5-17(15)22/h6-9,11,16H,4-5,10,12H2,1-3H3,(H,20,23). The van der Waals surface area contributed by atoms with E-state index in [4.69, 9.17) is 4.74 Å². The van der Waals surface area contributed by atoms with E-state index < -0.39 is 0 Å². The third-order valence-corrected chi connectivity index (χ3v) is 4.35. The third-order valence-electron chi connectivity index (χ3n) is 4.35. The summed E-state index contributed by atoms with van der Waals surface area (Å²) in [6, 6.07) is 7.74. The van der Waals surface area contributed by atoms with Gasteiger partial charge in [-0.15, -0.1) is 0 Å². The second-order valence-corrected chi connectivity index (χ2v) is 6.39. The van der Waals surface area contributed by atoms with Crippen molar-refractivity contribution in [2.24, 2.45) is 0 Å². The summed E-state index contributed by atoms with van der Waals surface area (Å²) in [6.07, 6.45) is 3.66.